The molecule has 1 heterocycles. The Hall–Kier alpha value is -1.10. The summed E-state index contributed by atoms with van der Waals surface area (Å²) in [6, 6.07) is 10.5. The lowest BCUT2D eigenvalue weighted by Crippen LogP contribution is -2.30. The van der Waals surface area contributed by atoms with Crippen molar-refractivity contribution in [2.45, 2.75) is 12.6 Å². The molecule has 1 aromatic heterocycles. The SMILES string of the molecule is CN(Cc1ccoc1)C(CN)c1ccc(Br)cc1. The Morgan fingerprint density at radius 2 is 2.00 bits per heavy atom. The van der Waals surface area contributed by atoms with Gasteiger partial charge in [-0.25, -0.2) is 0 Å². The second-order valence-electron chi connectivity index (χ2n) is 4.35. The Morgan fingerprint density at radius 1 is 1.28 bits per heavy atom. The van der Waals surface area contributed by atoms with Crippen LogP contribution in [0.4, 0.5) is 0 Å². The molecule has 4 heteroatoms. The Balaban J connectivity index is 2.10. The predicted octanol–water partition coefficient (Wildman–Crippen LogP) is 3.17. The van der Waals surface area contributed by atoms with Gasteiger partial charge in [-0.05, 0) is 30.8 Å². The van der Waals surface area contributed by atoms with Crippen LogP contribution in [0, 0.1) is 0 Å². The summed E-state index contributed by atoms with van der Waals surface area (Å²) in [7, 11) is 2.08. The number of nitrogens with zero attached hydrogens (tertiary/aromatic N) is 1. The quantitative estimate of drug-likeness (QED) is 0.922. The average molecular weight is 309 g/mol. The summed E-state index contributed by atoms with van der Waals surface area (Å²) in [5.41, 5.74) is 8.28. The molecule has 2 rings (SSSR count). The van der Waals surface area contributed by atoms with Crippen LogP contribution in [0.1, 0.15) is 17.2 Å². The van der Waals surface area contributed by atoms with E-state index in [0.717, 1.165) is 16.6 Å². The molecule has 0 radical (unpaired) electrons. The smallest absolute Gasteiger partial charge is 0.0947 e. The topological polar surface area (TPSA) is 42.4 Å². The van der Waals surface area contributed by atoms with Gasteiger partial charge >= 0.3 is 0 Å². The van der Waals surface area contributed by atoms with Gasteiger partial charge in [-0.3, -0.25) is 4.90 Å². The van der Waals surface area contributed by atoms with Crippen LogP contribution in [-0.4, -0.2) is 18.5 Å². The number of halogens is 1. The van der Waals surface area contributed by atoms with Crippen LogP contribution < -0.4 is 5.73 Å². The lowest BCUT2D eigenvalue weighted by molar-refractivity contribution is 0.241. The van der Waals surface area contributed by atoms with E-state index >= 15 is 0 Å². The summed E-state index contributed by atoms with van der Waals surface area (Å²) in [5.74, 6) is 0. The monoisotopic (exact) mass is 308 g/mol. The first kappa shape index (κ1) is 13.3. The summed E-state index contributed by atoms with van der Waals surface area (Å²) >= 11 is 3.44. The maximum atomic E-state index is 5.90. The van der Waals surface area contributed by atoms with Crippen molar-refractivity contribution in [2.24, 2.45) is 5.73 Å². The fourth-order valence-corrected chi connectivity index (χ4v) is 2.30. The summed E-state index contributed by atoms with van der Waals surface area (Å²) in [5, 5.41) is 0. The van der Waals surface area contributed by atoms with E-state index in [-0.39, 0.29) is 6.04 Å². The molecule has 1 atom stereocenters. The highest BCUT2D eigenvalue weighted by atomic mass is 79.9. The van der Waals surface area contributed by atoms with E-state index in [4.69, 9.17) is 10.2 Å². The molecule has 96 valence electrons. The van der Waals surface area contributed by atoms with E-state index in [1.807, 2.05) is 18.2 Å². The molecule has 2 N–H and O–H groups in total. The van der Waals surface area contributed by atoms with E-state index in [1.165, 1.54) is 5.56 Å². The third kappa shape index (κ3) is 3.22. The second kappa shape index (κ2) is 6.18. The standard InChI is InChI=1S/C14H17BrN2O/c1-17(9-11-6-7-18-10-11)14(8-16)12-2-4-13(15)5-3-12/h2-7,10,14H,8-9,16H2,1H3. The molecule has 0 spiro atoms. The van der Waals surface area contributed by atoms with Gasteiger partial charge in [0.1, 0.15) is 0 Å². The number of nitrogens with two attached hydrogens (primary N) is 1. The molecule has 0 aliphatic carbocycles. The van der Waals surface area contributed by atoms with Crippen molar-refractivity contribution in [3.05, 3.63) is 58.5 Å². The van der Waals surface area contributed by atoms with Crippen molar-refractivity contribution in [1.82, 2.24) is 4.90 Å². The molecular formula is C14H17BrN2O. The number of hydrogen-bond acceptors (Lipinski definition) is 3. The fourth-order valence-electron chi connectivity index (χ4n) is 2.04. The molecule has 0 aliphatic heterocycles. The van der Waals surface area contributed by atoms with Gasteiger partial charge in [0.15, 0.2) is 0 Å². The van der Waals surface area contributed by atoms with Crippen molar-refractivity contribution in [1.29, 1.82) is 0 Å². The van der Waals surface area contributed by atoms with Gasteiger partial charge in [0.25, 0.3) is 0 Å². The van der Waals surface area contributed by atoms with E-state index in [1.54, 1.807) is 12.5 Å². The van der Waals surface area contributed by atoms with Crippen molar-refractivity contribution < 1.29 is 4.42 Å². The van der Waals surface area contributed by atoms with Crippen LogP contribution >= 0.6 is 15.9 Å². The normalized spacial score (nSPS) is 12.9. The highest BCUT2D eigenvalue weighted by molar-refractivity contribution is 9.10. The molecule has 1 unspecified atom stereocenters. The lowest BCUT2D eigenvalue weighted by Gasteiger charge is -2.27. The van der Waals surface area contributed by atoms with Crippen molar-refractivity contribution in [3.63, 3.8) is 0 Å². The van der Waals surface area contributed by atoms with Crippen molar-refractivity contribution in [3.8, 4) is 0 Å². The highest BCUT2D eigenvalue weighted by Gasteiger charge is 2.15. The van der Waals surface area contributed by atoms with Gasteiger partial charge in [0.2, 0.25) is 0 Å². The highest BCUT2D eigenvalue weighted by Crippen LogP contribution is 2.22. The molecule has 0 amide bonds. The molecule has 2 aromatic rings. The molecule has 0 fully saturated rings. The molecule has 0 bridgehead atoms. The number of likely N-dealkylation sites (N-methyl/N-ethyl adjacent to an activating group) is 1. The minimum atomic E-state index is 0.216. The van der Waals surface area contributed by atoms with Crippen molar-refractivity contribution in [2.75, 3.05) is 13.6 Å². The van der Waals surface area contributed by atoms with E-state index in [0.29, 0.717) is 6.54 Å². The van der Waals surface area contributed by atoms with Gasteiger partial charge in [-0.15, -0.1) is 0 Å². The fraction of sp³-hybridized carbons (Fsp3) is 0.286. The number of hydrogen-bond donors (Lipinski definition) is 1. The van der Waals surface area contributed by atoms with Crippen molar-refractivity contribution >= 4 is 15.9 Å². The average Bonchev–Trinajstić information content (AvgIpc) is 2.85. The molecule has 18 heavy (non-hydrogen) atoms. The first-order valence-electron chi connectivity index (χ1n) is 5.87. The molecule has 0 saturated carbocycles. The Kier molecular flexibility index (Phi) is 4.58. The molecule has 1 aromatic carbocycles. The van der Waals surface area contributed by atoms with Crippen LogP contribution in [0.15, 0.2) is 51.7 Å². The minimum Gasteiger partial charge on any atom is -0.472 e. The molecule has 0 aliphatic rings. The largest absolute Gasteiger partial charge is 0.472 e. The Labute approximate surface area is 116 Å². The maximum absolute atomic E-state index is 5.90. The predicted molar refractivity (Wildman–Crippen MR) is 76.1 cm³/mol. The molecule has 3 nitrogen and oxygen atoms in total. The van der Waals surface area contributed by atoms with E-state index in [2.05, 4.69) is 40.0 Å². The first-order valence-corrected chi connectivity index (χ1v) is 6.67. The Morgan fingerprint density at radius 3 is 2.56 bits per heavy atom. The third-order valence-electron chi connectivity index (χ3n) is 3.02. The number of rotatable bonds is 5. The summed E-state index contributed by atoms with van der Waals surface area (Å²) in [6.45, 7) is 1.42. The molecule has 0 saturated heterocycles. The number of benzene rings is 1. The van der Waals surface area contributed by atoms with Crippen LogP contribution in [0.2, 0.25) is 0 Å². The van der Waals surface area contributed by atoms with Crippen LogP contribution in [0.25, 0.3) is 0 Å². The Bertz CT molecular complexity index is 467. The van der Waals surface area contributed by atoms with Gasteiger partial charge in [-0.2, -0.15) is 0 Å². The zero-order valence-corrected chi connectivity index (χ0v) is 11.9. The lowest BCUT2D eigenvalue weighted by atomic mass is 10.1. The summed E-state index contributed by atoms with van der Waals surface area (Å²) in [4.78, 5) is 2.23. The van der Waals surface area contributed by atoms with Gasteiger partial charge < -0.3 is 10.2 Å². The summed E-state index contributed by atoms with van der Waals surface area (Å²) in [6.07, 6.45) is 3.46. The maximum Gasteiger partial charge on any atom is 0.0947 e. The molecular weight excluding hydrogens is 292 g/mol. The van der Waals surface area contributed by atoms with Crippen LogP contribution in [0.3, 0.4) is 0 Å². The first-order chi connectivity index (χ1) is 8.70. The summed E-state index contributed by atoms with van der Waals surface area (Å²) < 4.78 is 6.17. The zero-order chi connectivity index (χ0) is 13.0. The number of furan rings is 1. The van der Waals surface area contributed by atoms with Crippen LogP contribution in [-0.2, 0) is 6.54 Å². The van der Waals surface area contributed by atoms with Gasteiger partial charge in [0, 0.05) is 29.2 Å². The van der Waals surface area contributed by atoms with Gasteiger partial charge in [0.05, 0.1) is 12.5 Å². The minimum absolute atomic E-state index is 0.216. The van der Waals surface area contributed by atoms with E-state index in [9.17, 15) is 0 Å². The zero-order valence-electron chi connectivity index (χ0n) is 10.3. The van der Waals surface area contributed by atoms with Crippen LogP contribution in [0.5, 0.6) is 0 Å². The van der Waals surface area contributed by atoms with E-state index < -0.39 is 0 Å². The van der Waals surface area contributed by atoms with Gasteiger partial charge in [-0.1, -0.05) is 28.1 Å². The third-order valence-corrected chi connectivity index (χ3v) is 3.55. The second-order valence-corrected chi connectivity index (χ2v) is 5.27.